The Labute approximate surface area is 116 Å². The van der Waals surface area contributed by atoms with E-state index in [-0.39, 0.29) is 4.75 Å². The van der Waals surface area contributed by atoms with Crippen molar-refractivity contribution in [3.8, 4) is 0 Å². The molecule has 1 aliphatic heterocycles. The fraction of sp³-hybridized carbons (Fsp3) is 0.733. The molecule has 1 rings (SSSR count). The molecule has 18 heavy (non-hydrogen) atoms. The summed E-state index contributed by atoms with van der Waals surface area (Å²) in [6.45, 7) is 9.11. The Kier molecular flexibility index (Phi) is 7.05. The monoisotopic (exact) mass is 269 g/mol. The van der Waals surface area contributed by atoms with Crippen LogP contribution in [-0.2, 0) is 4.74 Å². The molecule has 3 heteroatoms. The SMILES string of the molecule is C/C=C\C=C/C(C)(CN)SC(C)C1CCOCC1. The molecule has 0 aromatic carbocycles. The molecule has 0 bridgehead atoms. The highest BCUT2D eigenvalue weighted by atomic mass is 32.2. The zero-order valence-corrected chi connectivity index (χ0v) is 12.7. The molecule has 1 fully saturated rings. The summed E-state index contributed by atoms with van der Waals surface area (Å²) in [6, 6.07) is 0. The van der Waals surface area contributed by atoms with Crippen LogP contribution >= 0.6 is 11.8 Å². The van der Waals surface area contributed by atoms with Crippen molar-refractivity contribution in [2.45, 2.75) is 43.6 Å². The second-order valence-corrected chi connectivity index (χ2v) is 7.09. The van der Waals surface area contributed by atoms with Gasteiger partial charge >= 0.3 is 0 Å². The van der Waals surface area contributed by atoms with Crippen molar-refractivity contribution in [3.05, 3.63) is 24.3 Å². The second kappa shape index (κ2) is 8.03. The average molecular weight is 269 g/mol. The van der Waals surface area contributed by atoms with Crippen LogP contribution in [0.5, 0.6) is 0 Å². The van der Waals surface area contributed by atoms with E-state index >= 15 is 0 Å². The lowest BCUT2D eigenvalue weighted by atomic mass is 9.97. The fourth-order valence-corrected chi connectivity index (χ4v) is 3.80. The largest absolute Gasteiger partial charge is 0.381 e. The number of rotatable bonds is 6. The molecular weight excluding hydrogens is 242 g/mol. The van der Waals surface area contributed by atoms with Crippen LogP contribution in [0, 0.1) is 5.92 Å². The molecule has 0 radical (unpaired) electrons. The zero-order chi connectivity index (χ0) is 13.4. The van der Waals surface area contributed by atoms with Gasteiger partial charge in [0.1, 0.15) is 0 Å². The summed E-state index contributed by atoms with van der Waals surface area (Å²) in [6.07, 6.45) is 10.8. The minimum absolute atomic E-state index is 0.0389. The first-order valence-electron chi connectivity index (χ1n) is 6.87. The van der Waals surface area contributed by atoms with Gasteiger partial charge in [0, 0.05) is 29.8 Å². The van der Waals surface area contributed by atoms with Gasteiger partial charge in [0.15, 0.2) is 0 Å². The summed E-state index contributed by atoms with van der Waals surface area (Å²) in [5.74, 6) is 0.768. The first-order valence-corrected chi connectivity index (χ1v) is 7.75. The summed E-state index contributed by atoms with van der Waals surface area (Å²) in [5, 5.41) is 0.637. The van der Waals surface area contributed by atoms with Gasteiger partial charge in [-0.15, -0.1) is 11.8 Å². The van der Waals surface area contributed by atoms with Crippen LogP contribution in [0.25, 0.3) is 0 Å². The molecule has 1 saturated heterocycles. The predicted molar refractivity (Wildman–Crippen MR) is 82.0 cm³/mol. The maximum atomic E-state index is 5.95. The minimum atomic E-state index is 0.0389. The molecule has 2 atom stereocenters. The Bertz CT molecular complexity index is 284. The van der Waals surface area contributed by atoms with Crippen LogP contribution in [-0.4, -0.2) is 29.8 Å². The van der Waals surface area contributed by atoms with Crippen molar-refractivity contribution >= 4 is 11.8 Å². The van der Waals surface area contributed by atoms with Crippen LogP contribution in [0.15, 0.2) is 24.3 Å². The summed E-state index contributed by atoms with van der Waals surface area (Å²) >= 11 is 2.00. The number of ether oxygens (including phenoxy) is 1. The molecule has 1 heterocycles. The zero-order valence-electron chi connectivity index (χ0n) is 11.9. The van der Waals surface area contributed by atoms with Gasteiger partial charge in [0.05, 0.1) is 0 Å². The van der Waals surface area contributed by atoms with Gasteiger partial charge in [0.25, 0.3) is 0 Å². The minimum Gasteiger partial charge on any atom is -0.381 e. The first kappa shape index (κ1) is 15.8. The topological polar surface area (TPSA) is 35.2 Å². The Hall–Kier alpha value is -0.250. The lowest BCUT2D eigenvalue weighted by Gasteiger charge is -2.33. The van der Waals surface area contributed by atoms with Crippen LogP contribution < -0.4 is 5.73 Å². The van der Waals surface area contributed by atoms with Crippen molar-refractivity contribution in [2.75, 3.05) is 19.8 Å². The highest BCUT2D eigenvalue weighted by Crippen LogP contribution is 2.36. The Morgan fingerprint density at radius 3 is 2.61 bits per heavy atom. The third kappa shape index (κ3) is 5.17. The molecule has 0 aromatic rings. The van der Waals surface area contributed by atoms with Crippen LogP contribution in [0.3, 0.4) is 0 Å². The molecule has 0 saturated carbocycles. The highest BCUT2D eigenvalue weighted by Gasteiger charge is 2.28. The Balaban J connectivity index is 2.54. The molecule has 2 unspecified atom stereocenters. The van der Waals surface area contributed by atoms with Crippen LogP contribution in [0.4, 0.5) is 0 Å². The molecular formula is C15H27NOS. The van der Waals surface area contributed by atoms with Gasteiger partial charge in [-0.3, -0.25) is 0 Å². The van der Waals surface area contributed by atoms with E-state index in [0.717, 1.165) is 19.1 Å². The smallest absolute Gasteiger partial charge is 0.0469 e. The standard InChI is InChI=1S/C15H27NOS/c1-4-5-6-9-15(3,12-16)18-13(2)14-7-10-17-11-8-14/h4-6,9,13-14H,7-8,10-12,16H2,1-3H3/b5-4-,9-6-. The number of thioether (sulfide) groups is 1. The summed E-state index contributed by atoms with van der Waals surface area (Å²) in [4.78, 5) is 0. The lowest BCUT2D eigenvalue weighted by molar-refractivity contribution is 0.0668. The van der Waals surface area contributed by atoms with Crippen LogP contribution in [0.1, 0.15) is 33.6 Å². The number of hydrogen-bond donors (Lipinski definition) is 1. The lowest BCUT2D eigenvalue weighted by Crippen LogP contribution is -2.33. The van der Waals surface area contributed by atoms with Gasteiger partial charge in [-0.2, -0.15) is 0 Å². The fourth-order valence-electron chi connectivity index (χ4n) is 2.23. The average Bonchev–Trinajstić information content (AvgIpc) is 2.40. The van der Waals surface area contributed by atoms with E-state index in [0.29, 0.717) is 11.8 Å². The van der Waals surface area contributed by atoms with E-state index < -0.39 is 0 Å². The van der Waals surface area contributed by atoms with Gasteiger partial charge in [-0.1, -0.05) is 31.2 Å². The number of allylic oxidation sites excluding steroid dienone is 3. The van der Waals surface area contributed by atoms with Gasteiger partial charge in [0.2, 0.25) is 0 Å². The van der Waals surface area contributed by atoms with Crippen molar-refractivity contribution in [3.63, 3.8) is 0 Å². The van der Waals surface area contributed by atoms with Gasteiger partial charge < -0.3 is 10.5 Å². The maximum absolute atomic E-state index is 5.95. The quantitative estimate of drug-likeness (QED) is 0.751. The highest BCUT2D eigenvalue weighted by molar-refractivity contribution is 8.01. The molecule has 0 spiro atoms. The van der Waals surface area contributed by atoms with Gasteiger partial charge in [-0.25, -0.2) is 0 Å². The van der Waals surface area contributed by atoms with E-state index in [1.807, 2.05) is 24.8 Å². The predicted octanol–water partition coefficient (Wildman–Crippen LogP) is 3.38. The molecule has 104 valence electrons. The van der Waals surface area contributed by atoms with E-state index in [2.05, 4.69) is 32.1 Å². The summed E-state index contributed by atoms with van der Waals surface area (Å²) in [5.41, 5.74) is 5.95. The van der Waals surface area contributed by atoms with E-state index in [1.54, 1.807) is 0 Å². The summed E-state index contributed by atoms with van der Waals surface area (Å²) in [7, 11) is 0. The third-order valence-electron chi connectivity index (χ3n) is 3.54. The van der Waals surface area contributed by atoms with Crippen molar-refractivity contribution < 1.29 is 4.74 Å². The van der Waals surface area contributed by atoms with Crippen LogP contribution in [0.2, 0.25) is 0 Å². The number of hydrogen-bond acceptors (Lipinski definition) is 3. The normalized spacial score (nSPS) is 23.6. The van der Waals surface area contributed by atoms with E-state index in [4.69, 9.17) is 10.5 Å². The van der Waals surface area contributed by atoms with Crippen molar-refractivity contribution in [1.29, 1.82) is 0 Å². The second-order valence-electron chi connectivity index (χ2n) is 5.17. The molecule has 1 aliphatic rings. The first-order chi connectivity index (χ1) is 8.61. The molecule has 0 amide bonds. The third-order valence-corrected chi connectivity index (χ3v) is 5.14. The molecule has 2 nitrogen and oxygen atoms in total. The van der Waals surface area contributed by atoms with E-state index in [9.17, 15) is 0 Å². The van der Waals surface area contributed by atoms with Crippen molar-refractivity contribution in [2.24, 2.45) is 11.7 Å². The summed E-state index contributed by atoms with van der Waals surface area (Å²) < 4.78 is 5.47. The van der Waals surface area contributed by atoms with Crippen molar-refractivity contribution in [1.82, 2.24) is 0 Å². The maximum Gasteiger partial charge on any atom is 0.0469 e. The molecule has 2 N–H and O–H groups in total. The molecule has 0 aromatic heterocycles. The number of nitrogens with two attached hydrogens (primary N) is 1. The Morgan fingerprint density at radius 1 is 1.39 bits per heavy atom. The van der Waals surface area contributed by atoms with E-state index in [1.165, 1.54) is 12.8 Å². The molecule has 0 aliphatic carbocycles. The Morgan fingerprint density at radius 2 is 2.06 bits per heavy atom. The van der Waals surface area contributed by atoms with Gasteiger partial charge in [-0.05, 0) is 32.6 Å².